The Kier molecular flexibility index (Phi) is 5.06. The lowest BCUT2D eigenvalue weighted by Crippen LogP contribution is -2.22. The molecule has 0 bridgehead atoms. The number of thioether (sulfide) groups is 1. The Morgan fingerprint density at radius 2 is 1.81 bits per heavy atom. The topological polar surface area (TPSA) is 87.6 Å². The number of sulfonamides is 1. The molecule has 1 amide bonds. The Bertz CT molecular complexity index is 1010. The molecule has 1 aliphatic heterocycles. The van der Waals surface area contributed by atoms with Crippen LogP contribution >= 0.6 is 11.8 Å². The van der Waals surface area contributed by atoms with E-state index in [4.69, 9.17) is 0 Å². The van der Waals surface area contributed by atoms with E-state index in [2.05, 4.69) is 15.0 Å². The van der Waals surface area contributed by atoms with Crippen molar-refractivity contribution in [3.8, 4) is 0 Å². The second kappa shape index (κ2) is 7.13. The van der Waals surface area contributed by atoms with Crippen molar-refractivity contribution in [3.05, 3.63) is 53.1 Å². The van der Waals surface area contributed by atoms with Gasteiger partial charge in [0.15, 0.2) is 5.17 Å². The van der Waals surface area contributed by atoms with Gasteiger partial charge in [-0.3, -0.25) is 4.79 Å². The van der Waals surface area contributed by atoms with Gasteiger partial charge >= 0.3 is 0 Å². The molecule has 0 spiro atoms. The summed E-state index contributed by atoms with van der Waals surface area (Å²) in [7, 11) is -3.75. The number of amidine groups is 1. The maximum Gasteiger partial charge on any atom is 0.286 e. The molecule has 1 heterocycles. The molecule has 2 N–H and O–H groups in total. The SMILES string of the molecule is Cc1ccc(NC(=O)CSC2=NS(=O)(=O)c3ccc(C)cc3N2)c(C)c1. The smallest absolute Gasteiger partial charge is 0.286 e. The van der Waals surface area contributed by atoms with Gasteiger partial charge < -0.3 is 10.6 Å². The largest absolute Gasteiger partial charge is 0.333 e. The van der Waals surface area contributed by atoms with Crippen LogP contribution in [0.2, 0.25) is 0 Å². The first-order chi connectivity index (χ1) is 12.2. The maximum atomic E-state index is 12.3. The molecular formula is C18H19N3O3S2. The highest BCUT2D eigenvalue weighted by molar-refractivity contribution is 8.15. The molecule has 1 aliphatic rings. The van der Waals surface area contributed by atoms with Gasteiger partial charge in [-0.25, -0.2) is 0 Å². The van der Waals surface area contributed by atoms with Gasteiger partial charge in [-0.1, -0.05) is 35.5 Å². The molecule has 2 aromatic rings. The van der Waals surface area contributed by atoms with Crippen LogP contribution in [0.5, 0.6) is 0 Å². The van der Waals surface area contributed by atoms with Gasteiger partial charge in [0.05, 0.1) is 11.4 Å². The molecule has 0 atom stereocenters. The highest BCUT2D eigenvalue weighted by Crippen LogP contribution is 2.30. The molecular weight excluding hydrogens is 370 g/mol. The number of carbonyl (C=O) groups is 1. The highest BCUT2D eigenvalue weighted by atomic mass is 32.2. The molecule has 8 heteroatoms. The van der Waals surface area contributed by atoms with Gasteiger partial charge in [0.1, 0.15) is 4.90 Å². The van der Waals surface area contributed by atoms with Crippen molar-refractivity contribution in [2.45, 2.75) is 25.7 Å². The van der Waals surface area contributed by atoms with Crippen LogP contribution in [-0.2, 0) is 14.8 Å². The predicted octanol–water partition coefficient (Wildman–Crippen LogP) is 3.45. The molecule has 0 saturated heterocycles. The van der Waals surface area contributed by atoms with E-state index in [1.807, 2.05) is 39.0 Å². The second-order valence-electron chi connectivity index (χ2n) is 6.15. The van der Waals surface area contributed by atoms with E-state index < -0.39 is 10.0 Å². The van der Waals surface area contributed by atoms with Crippen LogP contribution < -0.4 is 10.6 Å². The summed E-state index contributed by atoms with van der Waals surface area (Å²) in [5.74, 6) is -0.172. The fourth-order valence-electron chi connectivity index (χ4n) is 2.60. The lowest BCUT2D eigenvalue weighted by atomic mass is 10.1. The standard InChI is InChI=1S/C18H19N3O3S2/c1-11-4-6-14(13(3)8-11)19-17(22)10-25-18-20-15-9-12(2)5-7-16(15)26(23,24)21-18/h4-9H,10H2,1-3H3,(H,19,22)(H,20,21). The van der Waals surface area contributed by atoms with E-state index in [0.29, 0.717) is 5.69 Å². The molecule has 26 heavy (non-hydrogen) atoms. The summed E-state index contributed by atoms with van der Waals surface area (Å²) in [4.78, 5) is 12.3. The Hall–Kier alpha value is -2.32. The van der Waals surface area contributed by atoms with E-state index in [9.17, 15) is 13.2 Å². The van der Waals surface area contributed by atoms with E-state index in [1.165, 1.54) is 6.07 Å². The summed E-state index contributed by atoms with van der Waals surface area (Å²) in [6, 6.07) is 10.8. The molecule has 0 radical (unpaired) electrons. The van der Waals surface area contributed by atoms with E-state index in [1.54, 1.807) is 12.1 Å². The molecule has 6 nitrogen and oxygen atoms in total. The maximum absolute atomic E-state index is 12.3. The summed E-state index contributed by atoms with van der Waals surface area (Å²) in [5.41, 5.74) is 4.26. The number of carbonyl (C=O) groups excluding carboxylic acids is 1. The van der Waals surface area contributed by atoms with Crippen LogP contribution in [0.1, 0.15) is 16.7 Å². The number of anilines is 2. The van der Waals surface area contributed by atoms with Crippen LogP contribution in [0.25, 0.3) is 0 Å². The van der Waals surface area contributed by atoms with Crippen LogP contribution in [0.15, 0.2) is 45.7 Å². The van der Waals surface area contributed by atoms with E-state index in [0.717, 1.165) is 34.1 Å². The summed E-state index contributed by atoms with van der Waals surface area (Å²) in [6.07, 6.45) is 0. The van der Waals surface area contributed by atoms with Gasteiger partial charge in [0.25, 0.3) is 10.0 Å². The lowest BCUT2D eigenvalue weighted by molar-refractivity contribution is -0.113. The van der Waals surface area contributed by atoms with Crippen LogP contribution in [-0.4, -0.2) is 25.2 Å². The second-order valence-corrected chi connectivity index (χ2v) is 8.69. The molecule has 0 saturated carbocycles. The molecule has 0 aromatic heterocycles. The first kappa shape index (κ1) is 18.5. The minimum Gasteiger partial charge on any atom is -0.333 e. The van der Waals surface area contributed by atoms with Gasteiger partial charge in [0.2, 0.25) is 5.91 Å². The Morgan fingerprint density at radius 1 is 1.12 bits per heavy atom. The van der Waals surface area contributed by atoms with Gasteiger partial charge in [0, 0.05) is 5.69 Å². The fraction of sp³-hybridized carbons (Fsp3) is 0.222. The molecule has 3 rings (SSSR count). The van der Waals surface area contributed by atoms with E-state index >= 15 is 0 Å². The van der Waals surface area contributed by atoms with Crippen LogP contribution in [0, 0.1) is 20.8 Å². The normalized spacial score (nSPS) is 14.8. The third kappa shape index (κ3) is 4.08. The van der Waals surface area contributed by atoms with Gasteiger partial charge in [-0.15, -0.1) is 4.40 Å². The average Bonchev–Trinajstić information content (AvgIpc) is 2.54. The zero-order valence-electron chi connectivity index (χ0n) is 14.7. The minimum absolute atomic E-state index is 0.0514. The number of benzene rings is 2. The van der Waals surface area contributed by atoms with Gasteiger partial charge in [-0.2, -0.15) is 8.42 Å². The summed E-state index contributed by atoms with van der Waals surface area (Å²) < 4.78 is 28.3. The highest BCUT2D eigenvalue weighted by Gasteiger charge is 2.25. The molecule has 0 unspecified atom stereocenters. The average molecular weight is 390 g/mol. The monoisotopic (exact) mass is 389 g/mol. The zero-order chi connectivity index (χ0) is 18.9. The van der Waals surface area contributed by atoms with Crippen molar-refractivity contribution < 1.29 is 13.2 Å². The first-order valence-electron chi connectivity index (χ1n) is 7.97. The van der Waals surface area contributed by atoms with E-state index in [-0.39, 0.29) is 21.7 Å². The van der Waals surface area contributed by atoms with Gasteiger partial charge in [-0.05, 0) is 50.1 Å². The van der Waals surface area contributed by atoms with Crippen molar-refractivity contribution >= 4 is 44.2 Å². The van der Waals surface area contributed by atoms with Crippen molar-refractivity contribution in [3.63, 3.8) is 0 Å². The summed E-state index contributed by atoms with van der Waals surface area (Å²) in [6.45, 7) is 5.79. The number of aryl methyl sites for hydroxylation is 3. The fourth-order valence-corrected chi connectivity index (χ4v) is 4.62. The Balaban J connectivity index is 1.68. The van der Waals surface area contributed by atoms with Crippen LogP contribution in [0.4, 0.5) is 11.4 Å². The summed E-state index contributed by atoms with van der Waals surface area (Å²) in [5, 5.41) is 6.01. The van der Waals surface area contributed by atoms with Crippen molar-refractivity contribution in [1.29, 1.82) is 0 Å². The number of amides is 1. The van der Waals surface area contributed by atoms with Crippen LogP contribution in [0.3, 0.4) is 0 Å². The molecule has 136 valence electrons. The van der Waals surface area contributed by atoms with Crippen molar-refractivity contribution in [2.24, 2.45) is 4.40 Å². The summed E-state index contributed by atoms with van der Waals surface area (Å²) >= 11 is 1.05. The number of nitrogens with zero attached hydrogens (tertiary/aromatic N) is 1. The number of fused-ring (bicyclic) bond motifs is 1. The molecule has 0 fully saturated rings. The quantitative estimate of drug-likeness (QED) is 0.839. The number of hydrogen-bond donors (Lipinski definition) is 2. The minimum atomic E-state index is -3.75. The molecule has 2 aromatic carbocycles. The van der Waals surface area contributed by atoms with Crippen molar-refractivity contribution in [2.75, 3.05) is 16.4 Å². The zero-order valence-corrected chi connectivity index (χ0v) is 16.3. The number of rotatable bonds is 3. The third-order valence-corrected chi connectivity index (χ3v) is 6.18. The predicted molar refractivity (Wildman–Crippen MR) is 106 cm³/mol. The third-order valence-electron chi connectivity index (χ3n) is 3.85. The first-order valence-corrected chi connectivity index (χ1v) is 10.4. The number of hydrogen-bond acceptors (Lipinski definition) is 5. The Labute approximate surface area is 157 Å². The Morgan fingerprint density at radius 3 is 2.54 bits per heavy atom. The van der Waals surface area contributed by atoms with Crippen molar-refractivity contribution in [1.82, 2.24) is 0 Å². The molecule has 0 aliphatic carbocycles. The lowest BCUT2D eigenvalue weighted by Gasteiger charge is -2.18. The number of nitrogens with one attached hydrogen (secondary N) is 2.